The van der Waals surface area contributed by atoms with E-state index in [1.165, 1.54) is 49.2 Å². The fraction of sp³-hybridized carbons (Fsp3) is 0.688. The van der Waals surface area contributed by atoms with E-state index in [-0.39, 0.29) is 0 Å². The molecule has 0 spiro atoms. The van der Waals surface area contributed by atoms with Crippen LogP contribution in [0.4, 0.5) is 5.82 Å². The summed E-state index contributed by atoms with van der Waals surface area (Å²) >= 11 is 2.00. The first-order chi connectivity index (χ1) is 9.21. The van der Waals surface area contributed by atoms with Crippen LogP contribution in [-0.2, 0) is 0 Å². The van der Waals surface area contributed by atoms with Gasteiger partial charge in [0.25, 0.3) is 0 Å². The SMILES string of the molecule is Nc1ccc(SCC23CC4CC(CC(C4)C2)C3)cn1. The molecule has 4 bridgehead atoms. The number of thioether (sulfide) groups is 1. The van der Waals surface area contributed by atoms with Crippen molar-refractivity contribution in [3.8, 4) is 0 Å². The molecule has 102 valence electrons. The molecule has 4 aliphatic rings. The maximum absolute atomic E-state index is 5.65. The molecule has 1 heterocycles. The van der Waals surface area contributed by atoms with Crippen LogP contribution in [0.1, 0.15) is 38.5 Å². The number of nitrogen functional groups attached to an aromatic ring is 1. The molecule has 2 nitrogen and oxygen atoms in total. The molecule has 0 saturated heterocycles. The molecule has 19 heavy (non-hydrogen) atoms. The van der Waals surface area contributed by atoms with E-state index >= 15 is 0 Å². The summed E-state index contributed by atoms with van der Waals surface area (Å²) in [5, 5.41) is 0. The van der Waals surface area contributed by atoms with Crippen molar-refractivity contribution in [2.24, 2.45) is 23.2 Å². The van der Waals surface area contributed by atoms with Gasteiger partial charge in [-0.15, -0.1) is 11.8 Å². The van der Waals surface area contributed by atoms with E-state index in [9.17, 15) is 0 Å². The monoisotopic (exact) mass is 274 g/mol. The Kier molecular flexibility index (Phi) is 2.80. The van der Waals surface area contributed by atoms with Crippen LogP contribution in [0.2, 0.25) is 0 Å². The van der Waals surface area contributed by atoms with Gasteiger partial charge < -0.3 is 5.73 Å². The molecule has 0 radical (unpaired) electrons. The van der Waals surface area contributed by atoms with Crippen LogP contribution in [0.5, 0.6) is 0 Å². The highest BCUT2D eigenvalue weighted by molar-refractivity contribution is 7.99. The number of nitrogens with two attached hydrogens (primary N) is 1. The molecule has 0 aliphatic heterocycles. The standard InChI is InChI=1S/C16H22N2S/c17-15-2-1-14(9-18-15)19-10-16-6-11-3-12(7-16)5-13(4-11)8-16/h1-2,9,11-13H,3-8,10H2,(H2,17,18). The number of aromatic nitrogens is 1. The van der Waals surface area contributed by atoms with Crippen LogP contribution in [0.15, 0.2) is 23.2 Å². The van der Waals surface area contributed by atoms with Crippen molar-refractivity contribution in [1.29, 1.82) is 0 Å². The van der Waals surface area contributed by atoms with E-state index < -0.39 is 0 Å². The first kappa shape index (κ1) is 12.1. The highest BCUT2D eigenvalue weighted by atomic mass is 32.2. The number of hydrogen-bond donors (Lipinski definition) is 1. The van der Waals surface area contributed by atoms with Gasteiger partial charge in [-0.3, -0.25) is 0 Å². The number of pyridine rings is 1. The average Bonchev–Trinajstić information content (AvgIpc) is 2.36. The van der Waals surface area contributed by atoms with Crippen LogP contribution in [0.3, 0.4) is 0 Å². The Labute approximate surface area is 119 Å². The van der Waals surface area contributed by atoms with Gasteiger partial charge in [-0.1, -0.05) is 0 Å². The van der Waals surface area contributed by atoms with E-state index in [1.54, 1.807) is 0 Å². The van der Waals surface area contributed by atoms with Crippen LogP contribution in [0.25, 0.3) is 0 Å². The number of anilines is 1. The molecule has 1 aromatic heterocycles. The summed E-state index contributed by atoms with van der Waals surface area (Å²) in [6.45, 7) is 0. The van der Waals surface area contributed by atoms with E-state index in [1.807, 2.05) is 24.0 Å². The van der Waals surface area contributed by atoms with Crippen molar-refractivity contribution >= 4 is 17.6 Å². The van der Waals surface area contributed by atoms with Gasteiger partial charge in [0.2, 0.25) is 0 Å². The highest BCUT2D eigenvalue weighted by Gasteiger charge is 2.50. The molecular weight excluding hydrogens is 252 g/mol. The molecule has 1 aromatic rings. The fourth-order valence-corrected chi connectivity index (χ4v) is 6.30. The molecule has 4 aliphatic carbocycles. The Balaban J connectivity index is 1.46. The van der Waals surface area contributed by atoms with Crippen molar-refractivity contribution < 1.29 is 0 Å². The zero-order valence-corrected chi connectivity index (χ0v) is 12.2. The Morgan fingerprint density at radius 3 is 2.26 bits per heavy atom. The molecule has 5 rings (SSSR count). The number of nitrogens with zero attached hydrogens (tertiary/aromatic N) is 1. The predicted molar refractivity (Wildman–Crippen MR) is 80.0 cm³/mol. The molecule has 0 amide bonds. The summed E-state index contributed by atoms with van der Waals surface area (Å²) in [6.07, 6.45) is 11.0. The summed E-state index contributed by atoms with van der Waals surface area (Å²) in [7, 11) is 0. The Morgan fingerprint density at radius 1 is 1.11 bits per heavy atom. The quantitative estimate of drug-likeness (QED) is 0.848. The lowest BCUT2D eigenvalue weighted by Crippen LogP contribution is -2.47. The second-order valence-corrected chi connectivity index (χ2v) is 8.17. The van der Waals surface area contributed by atoms with E-state index in [2.05, 4.69) is 11.1 Å². The van der Waals surface area contributed by atoms with Crippen molar-refractivity contribution in [1.82, 2.24) is 4.98 Å². The highest BCUT2D eigenvalue weighted by Crippen LogP contribution is 2.61. The largest absolute Gasteiger partial charge is 0.384 e. The smallest absolute Gasteiger partial charge is 0.123 e. The first-order valence-electron chi connectivity index (χ1n) is 7.55. The van der Waals surface area contributed by atoms with Gasteiger partial charge in [0.05, 0.1) is 0 Å². The minimum absolute atomic E-state index is 0.624. The topological polar surface area (TPSA) is 38.9 Å². The van der Waals surface area contributed by atoms with Gasteiger partial charge >= 0.3 is 0 Å². The number of rotatable bonds is 3. The lowest BCUT2D eigenvalue weighted by Gasteiger charge is -2.56. The van der Waals surface area contributed by atoms with Gasteiger partial charge in [0.1, 0.15) is 5.82 Å². The summed E-state index contributed by atoms with van der Waals surface area (Å²) in [6, 6.07) is 4.04. The van der Waals surface area contributed by atoms with Gasteiger partial charge in [-0.2, -0.15) is 0 Å². The molecule has 0 aromatic carbocycles. The summed E-state index contributed by atoms with van der Waals surface area (Å²) in [4.78, 5) is 5.48. The summed E-state index contributed by atoms with van der Waals surface area (Å²) < 4.78 is 0. The third-order valence-corrected chi connectivity index (χ3v) is 6.80. The Morgan fingerprint density at radius 2 is 1.74 bits per heavy atom. The molecule has 0 atom stereocenters. The summed E-state index contributed by atoms with van der Waals surface area (Å²) in [5.74, 6) is 5.07. The van der Waals surface area contributed by atoms with Crippen molar-refractivity contribution in [3.63, 3.8) is 0 Å². The molecule has 3 heteroatoms. The lowest BCUT2D eigenvalue weighted by molar-refractivity contribution is -0.0381. The second kappa shape index (κ2) is 4.41. The molecule has 2 N–H and O–H groups in total. The Bertz CT molecular complexity index is 433. The third kappa shape index (κ3) is 2.26. The zero-order valence-electron chi connectivity index (χ0n) is 11.3. The minimum atomic E-state index is 0.624. The normalized spacial score (nSPS) is 39.7. The van der Waals surface area contributed by atoms with Crippen molar-refractivity contribution in [2.45, 2.75) is 43.4 Å². The third-order valence-electron chi connectivity index (χ3n) is 5.47. The van der Waals surface area contributed by atoms with Gasteiger partial charge in [-0.05, 0) is 73.8 Å². The molecular formula is C16H22N2S. The van der Waals surface area contributed by atoms with Crippen molar-refractivity contribution in [3.05, 3.63) is 18.3 Å². The summed E-state index contributed by atoms with van der Waals surface area (Å²) in [5.41, 5.74) is 6.30. The minimum Gasteiger partial charge on any atom is -0.384 e. The molecule has 4 saturated carbocycles. The second-order valence-electron chi connectivity index (χ2n) is 7.12. The number of hydrogen-bond acceptors (Lipinski definition) is 3. The van der Waals surface area contributed by atoms with E-state index in [0.717, 1.165) is 17.8 Å². The first-order valence-corrected chi connectivity index (χ1v) is 8.54. The lowest BCUT2D eigenvalue weighted by atomic mass is 9.50. The van der Waals surface area contributed by atoms with E-state index in [0.29, 0.717) is 11.2 Å². The van der Waals surface area contributed by atoms with Crippen molar-refractivity contribution in [2.75, 3.05) is 11.5 Å². The van der Waals surface area contributed by atoms with Crippen LogP contribution in [0, 0.1) is 23.2 Å². The molecule has 0 unspecified atom stereocenters. The molecule has 4 fully saturated rings. The average molecular weight is 274 g/mol. The maximum Gasteiger partial charge on any atom is 0.123 e. The van der Waals surface area contributed by atoms with E-state index in [4.69, 9.17) is 5.73 Å². The predicted octanol–water partition coefficient (Wildman–Crippen LogP) is 3.97. The van der Waals surface area contributed by atoms with Gasteiger partial charge in [-0.25, -0.2) is 4.98 Å². The Hall–Kier alpha value is -0.700. The maximum atomic E-state index is 5.65. The fourth-order valence-electron chi connectivity index (χ4n) is 5.18. The van der Waals surface area contributed by atoms with Crippen LogP contribution < -0.4 is 5.73 Å². The van der Waals surface area contributed by atoms with Gasteiger partial charge in [0.15, 0.2) is 0 Å². The van der Waals surface area contributed by atoms with Gasteiger partial charge in [0, 0.05) is 16.8 Å². The van der Waals surface area contributed by atoms with Crippen LogP contribution in [-0.4, -0.2) is 10.7 Å². The van der Waals surface area contributed by atoms with Crippen LogP contribution >= 0.6 is 11.8 Å². The zero-order chi connectivity index (χ0) is 12.9.